The maximum absolute atomic E-state index is 14.1. The molecule has 0 spiro atoms. The molecule has 2 aliphatic rings. The molecule has 0 bridgehead atoms. The number of carbonyl (C=O) groups is 5. The minimum atomic E-state index is -1.07. The van der Waals surface area contributed by atoms with Gasteiger partial charge in [0.15, 0.2) is 46.4 Å². The third kappa shape index (κ3) is 5.41. The molecule has 0 unspecified atom stereocenters. The second-order valence-electron chi connectivity index (χ2n) is 14.3. The third-order valence-corrected chi connectivity index (χ3v) is 14.3. The maximum Gasteiger partial charge on any atom is 0.419 e. The lowest BCUT2D eigenvalue weighted by atomic mass is 10.0. The van der Waals surface area contributed by atoms with Gasteiger partial charge in [-0.2, -0.15) is 0 Å². The van der Waals surface area contributed by atoms with Crippen LogP contribution in [0.25, 0.3) is 63.5 Å². The van der Waals surface area contributed by atoms with Crippen LogP contribution in [-0.2, 0) is 11.3 Å². The molecule has 290 valence electrons. The summed E-state index contributed by atoms with van der Waals surface area (Å²) in [7, 11) is 0. The molecule has 60 heavy (non-hydrogen) atoms. The first kappa shape index (κ1) is 36.2. The molecule has 0 saturated heterocycles. The number of carbonyl (C=O) groups excluding carboxylic acids is 5. The van der Waals surface area contributed by atoms with E-state index in [4.69, 9.17) is 4.74 Å². The summed E-state index contributed by atoms with van der Waals surface area (Å²) in [6.07, 6.45) is 2.25. The summed E-state index contributed by atoms with van der Waals surface area (Å²) in [6, 6.07) is 22.1. The number of thiophene rings is 3. The quantitative estimate of drug-likeness (QED) is 0.0993. The van der Waals surface area contributed by atoms with Gasteiger partial charge in [-0.1, -0.05) is 30.3 Å². The Hall–Kier alpha value is -6.87. The lowest BCUT2D eigenvalue weighted by molar-refractivity contribution is 0.0975. The molecule has 5 aromatic carbocycles. The Morgan fingerprint density at radius 2 is 1.00 bits per heavy atom. The molecule has 4 heterocycles. The smallest absolute Gasteiger partial charge is 0.419 e. The van der Waals surface area contributed by atoms with Gasteiger partial charge in [0.2, 0.25) is 0 Å². The van der Waals surface area contributed by atoms with Crippen LogP contribution < -0.4 is 0 Å². The van der Waals surface area contributed by atoms with Crippen LogP contribution in [-0.4, -0.2) is 33.8 Å². The van der Waals surface area contributed by atoms with Gasteiger partial charge < -0.3 is 4.74 Å². The summed E-state index contributed by atoms with van der Waals surface area (Å²) in [6.45, 7) is -0.0283. The summed E-state index contributed by atoms with van der Waals surface area (Å²) in [4.78, 5) is 69.4. The standard InChI is InChI=1S/C46H19F4NO6S3/c47-32-10-20-6-26-27(7-21(20)11-33(32)48)40(53)30(39(26)52)14-24-16-36-43(58-24)45-38(51(36)46(56)57-18-19-4-2-1-3-5-19)44-37(60-45)17-25(59-44)15-31-41(54)28-8-22-12-34(49)35(50)13-23(22)9-29(28)42(31)55/h1-17H,18H2. The van der Waals surface area contributed by atoms with Crippen molar-refractivity contribution < 1.29 is 46.3 Å². The summed E-state index contributed by atoms with van der Waals surface area (Å²) in [5.74, 6) is -6.50. The highest BCUT2D eigenvalue weighted by molar-refractivity contribution is 7.36. The van der Waals surface area contributed by atoms with E-state index in [1.54, 1.807) is 12.1 Å². The molecule has 0 saturated carbocycles. The number of aromatic nitrogens is 1. The number of halogens is 4. The predicted molar refractivity (Wildman–Crippen MR) is 224 cm³/mol. The van der Waals surface area contributed by atoms with Crippen molar-refractivity contribution >= 4 is 127 Å². The monoisotopic (exact) mass is 853 g/mol. The zero-order valence-corrected chi connectivity index (χ0v) is 32.6. The molecule has 14 heteroatoms. The molecule has 9 aromatic rings. The van der Waals surface area contributed by atoms with E-state index < -0.39 is 52.5 Å². The SMILES string of the molecule is O=C1C(=Cc2cc3c(s2)c2sc4cc(C=C5C(=O)c6cc7cc(F)c(F)cc7cc6C5=O)sc4c2n3C(=O)OCc2ccccc2)C(=O)c2cc3cc(F)c(F)cc3cc21. The van der Waals surface area contributed by atoms with Crippen molar-refractivity contribution in [1.29, 1.82) is 0 Å². The van der Waals surface area contributed by atoms with Crippen molar-refractivity contribution in [3.05, 3.63) is 163 Å². The van der Waals surface area contributed by atoms with E-state index >= 15 is 0 Å². The Morgan fingerprint density at radius 1 is 0.550 bits per heavy atom. The Balaban J connectivity index is 1.00. The Labute approximate surface area is 345 Å². The molecule has 0 fully saturated rings. The van der Waals surface area contributed by atoms with E-state index in [9.17, 15) is 41.5 Å². The molecule has 4 aromatic heterocycles. The summed E-state index contributed by atoms with van der Waals surface area (Å²) < 4.78 is 66.1. The number of hydrogen-bond acceptors (Lipinski definition) is 9. The van der Waals surface area contributed by atoms with Crippen molar-refractivity contribution in [2.45, 2.75) is 6.61 Å². The van der Waals surface area contributed by atoms with Crippen molar-refractivity contribution in [2.24, 2.45) is 0 Å². The lowest BCUT2D eigenvalue weighted by Gasteiger charge is -2.07. The van der Waals surface area contributed by atoms with Gasteiger partial charge in [0.1, 0.15) is 6.61 Å². The van der Waals surface area contributed by atoms with Gasteiger partial charge in [0, 0.05) is 36.7 Å². The van der Waals surface area contributed by atoms with Crippen LogP contribution >= 0.6 is 34.0 Å². The van der Waals surface area contributed by atoms with E-state index in [-0.39, 0.29) is 61.6 Å². The molecular weight excluding hydrogens is 835 g/mol. The summed E-state index contributed by atoms with van der Waals surface area (Å²) in [5.41, 5.74) is 1.87. The predicted octanol–water partition coefficient (Wildman–Crippen LogP) is 12.1. The average Bonchev–Trinajstić information content (AvgIpc) is 4.05. The summed E-state index contributed by atoms with van der Waals surface area (Å²) >= 11 is 3.89. The van der Waals surface area contributed by atoms with Crippen LogP contribution in [0, 0.1) is 23.3 Å². The maximum atomic E-state index is 14.1. The van der Waals surface area contributed by atoms with E-state index in [2.05, 4.69) is 0 Å². The molecule has 7 nitrogen and oxygen atoms in total. The van der Waals surface area contributed by atoms with E-state index in [1.807, 2.05) is 30.3 Å². The Morgan fingerprint density at radius 3 is 1.48 bits per heavy atom. The van der Waals surface area contributed by atoms with Gasteiger partial charge >= 0.3 is 6.09 Å². The molecule has 2 aliphatic carbocycles. The third-order valence-electron chi connectivity index (χ3n) is 10.7. The van der Waals surface area contributed by atoms with Gasteiger partial charge in [0.05, 0.1) is 36.3 Å². The first-order valence-corrected chi connectivity index (χ1v) is 20.6. The normalized spacial score (nSPS) is 13.9. The highest BCUT2D eigenvalue weighted by atomic mass is 32.1. The second kappa shape index (κ2) is 13.1. The molecular formula is C46H19F4NO6S3. The lowest BCUT2D eigenvalue weighted by Crippen LogP contribution is -2.13. The first-order valence-electron chi connectivity index (χ1n) is 18.1. The van der Waals surface area contributed by atoms with Gasteiger partial charge in [-0.3, -0.25) is 19.2 Å². The molecule has 0 atom stereocenters. The van der Waals surface area contributed by atoms with Crippen LogP contribution in [0.2, 0.25) is 0 Å². The first-order chi connectivity index (χ1) is 28.9. The zero-order valence-electron chi connectivity index (χ0n) is 30.2. The van der Waals surface area contributed by atoms with Crippen LogP contribution in [0.4, 0.5) is 22.4 Å². The number of hydrogen-bond donors (Lipinski definition) is 0. The second-order valence-corrected chi connectivity index (χ2v) is 17.5. The van der Waals surface area contributed by atoms with Gasteiger partial charge in [-0.05, 0) is 99.9 Å². The minimum Gasteiger partial charge on any atom is -0.444 e. The van der Waals surface area contributed by atoms with E-state index in [0.29, 0.717) is 30.2 Å². The molecule has 0 amide bonds. The van der Waals surface area contributed by atoms with Crippen molar-refractivity contribution in [3.63, 3.8) is 0 Å². The van der Waals surface area contributed by atoms with Gasteiger partial charge in [-0.15, -0.1) is 34.0 Å². The minimum absolute atomic E-state index is 0.0283. The zero-order chi connectivity index (χ0) is 41.3. The number of nitrogens with zero attached hydrogens (tertiary/aromatic N) is 1. The Kier molecular flexibility index (Phi) is 7.89. The number of allylic oxidation sites excluding steroid dienone is 2. The van der Waals surface area contributed by atoms with Crippen molar-refractivity contribution in [1.82, 2.24) is 4.57 Å². The average molecular weight is 854 g/mol. The van der Waals surface area contributed by atoms with E-state index in [1.165, 1.54) is 75.0 Å². The van der Waals surface area contributed by atoms with Crippen LogP contribution in [0.3, 0.4) is 0 Å². The molecule has 0 aliphatic heterocycles. The number of rotatable bonds is 4. The molecule has 11 rings (SSSR count). The molecule has 0 radical (unpaired) electrons. The fourth-order valence-corrected chi connectivity index (χ4v) is 11.7. The highest BCUT2D eigenvalue weighted by Crippen LogP contribution is 2.48. The highest BCUT2D eigenvalue weighted by Gasteiger charge is 2.36. The summed E-state index contributed by atoms with van der Waals surface area (Å²) in [5, 5.41) is 1.11. The number of fused-ring (bicyclic) bond motifs is 9. The topological polar surface area (TPSA) is 99.5 Å². The van der Waals surface area contributed by atoms with Crippen LogP contribution in [0.15, 0.2) is 102 Å². The van der Waals surface area contributed by atoms with Gasteiger partial charge in [0.25, 0.3) is 0 Å². The number of Topliss-reactive ketones (excluding diaryl/α,β-unsaturated/α-hetero) is 4. The fraction of sp³-hybridized carbons (Fsp3) is 0.0217. The molecule has 0 N–H and O–H groups in total. The van der Waals surface area contributed by atoms with Crippen LogP contribution in [0.5, 0.6) is 0 Å². The largest absolute Gasteiger partial charge is 0.444 e. The van der Waals surface area contributed by atoms with Crippen molar-refractivity contribution in [2.75, 3.05) is 0 Å². The number of ketones is 4. The number of ether oxygens (including phenoxy) is 1. The van der Waals surface area contributed by atoms with Crippen LogP contribution in [0.1, 0.15) is 56.7 Å². The Bertz CT molecular complexity index is 3460. The van der Waals surface area contributed by atoms with Gasteiger partial charge in [-0.25, -0.2) is 26.9 Å². The number of benzene rings is 5. The van der Waals surface area contributed by atoms with Crippen molar-refractivity contribution in [3.8, 4) is 0 Å². The van der Waals surface area contributed by atoms with E-state index in [0.717, 1.165) is 39.2 Å². The fourth-order valence-electron chi connectivity index (χ4n) is 7.89.